The van der Waals surface area contributed by atoms with E-state index in [1.807, 2.05) is 0 Å². The fourth-order valence-electron chi connectivity index (χ4n) is 3.68. The Balaban J connectivity index is 1.86. The van der Waals surface area contributed by atoms with E-state index < -0.39 is 0 Å². The van der Waals surface area contributed by atoms with Crippen LogP contribution in [-0.4, -0.2) is 34.5 Å². The molecule has 0 amide bonds. The van der Waals surface area contributed by atoms with Crippen LogP contribution in [0.15, 0.2) is 24.3 Å². The lowest BCUT2D eigenvalue weighted by Gasteiger charge is -2.51. The van der Waals surface area contributed by atoms with Gasteiger partial charge in [0.2, 0.25) is 0 Å². The minimum Gasteiger partial charge on any atom is -0.329 e. The van der Waals surface area contributed by atoms with Crippen molar-refractivity contribution < 1.29 is 0 Å². The normalized spacial score (nSPS) is 32.0. The second-order valence-corrected chi connectivity index (χ2v) is 7.31. The SMILES string of the molecule is CC1SCCCC1(CN)N1CCc2ccccc2C1. The summed E-state index contributed by atoms with van der Waals surface area (Å²) in [6.45, 7) is 5.41. The maximum atomic E-state index is 6.22. The number of rotatable bonds is 2. The minimum atomic E-state index is 0.219. The summed E-state index contributed by atoms with van der Waals surface area (Å²) in [5.41, 5.74) is 9.48. The molecule has 1 aromatic carbocycles. The summed E-state index contributed by atoms with van der Waals surface area (Å²) in [4.78, 5) is 2.67. The summed E-state index contributed by atoms with van der Waals surface area (Å²) in [7, 11) is 0. The summed E-state index contributed by atoms with van der Waals surface area (Å²) in [6.07, 6.45) is 3.75. The largest absolute Gasteiger partial charge is 0.329 e. The van der Waals surface area contributed by atoms with Crippen LogP contribution >= 0.6 is 11.8 Å². The molecule has 0 spiro atoms. The summed E-state index contributed by atoms with van der Waals surface area (Å²) < 4.78 is 0. The van der Waals surface area contributed by atoms with Crippen LogP contribution in [0, 0.1) is 0 Å². The molecule has 2 atom stereocenters. The van der Waals surface area contributed by atoms with Crippen molar-refractivity contribution in [2.75, 3.05) is 18.8 Å². The second-order valence-electron chi connectivity index (χ2n) is 5.86. The molecule has 2 unspecified atom stereocenters. The summed E-state index contributed by atoms with van der Waals surface area (Å²) in [6, 6.07) is 8.88. The molecule has 1 aromatic rings. The summed E-state index contributed by atoms with van der Waals surface area (Å²) in [5, 5.41) is 0.650. The van der Waals surface area contributed by atoms with E-state index in [1.165, 1.54) is 42.7 Å². The Labute approximate surface area is 120 Å². The molecule has 2 heterocycles. The fraction of sp³-hybridized carbons (Fsp3) is 0.625. The third-order valence-corrected chi connectivity index (χ3v) is 6.46. The molecule has 1 saturated heterocycles. The molecule has 104 valence electrons. The van der Waals surface area contributed by atoms with E-state index in [0.29, 0.717) is 5.25 Å². The number of hydrogen-bond acceptors (Lipinski definition) is 3. The predicted octanol–water partition coefficient (Wildman–Crippen LogP) is 2.66. The van der Waals surface area contributed by atoms with E-state index in [9.17, 15) is 0 Å². The summed E-state index contributed by atoms with van der Waals surface area (Å²) >= 11 is 2.10. The third-order valence-electron chi connectivity index (χ3n) is 4.99. The van der Waals surface area contributed by atoms with Gasteiger partial charge in [-0.3, -0.25) is 4.90 Å². The number of nitrogens with two attached hydrogens (primary N) is 1. The molecular weight excluding hydrogens is 252 g/mol. The van der Waals surface area contributed by atoms with Crippen molar-refractivity contribution >= 4 is 11.8 Å². The quantitative estimate of drug-likeness (QED) is 0.900. The Morgan fingerprint density at radius 1 is 1.37 bits per heavy atom. The Kier molecular flexibility index (Phi) is 3.88. The number of nitrogens with zero attached hydrogens (tertiary/aromatic N) is 1. The van der Waals surface area contributed by atoms with Crippen molar-refractivity contribution in [2.45, 2.75) is 43.5 Å². The molecule has 2 aliphatic heterocycles. The molecule has 2 aliphatic rings. The number of benzene rings is 1. The van der Waals surface area contributed by atoms with Crippen LogP contribution in [0.4, 0.5) is 0 Å². The topological polar surface area (TPSA) is 29.3 Å². The van der Waals surface area contributed by atoms with Gasteiger partial charge < -0.3 is 5.73 Å². The van der Waals surface area contributed by atoms with Gasteiger partial charge in [0.25, 0.3) is 0 Å². The van der Waals surface area contributed by atoms with Crippen molar-refractivity contribution in [3.05, 3.63) is 35.4 Å². The Bertz CT molecular complexity index is 448. The number of fused-ring (bicyclic) bond motifs is 1. The summed E-state index contributed by atoms with van der Waals surface area (Å²) in [5.74, 6) is 1.30. The van der Waals surface area contributed by atoms with Gasteiger partial charge in [0, 0.05) is 30.4 Å². The highest BCUT2D eigenvalue weighted by molar-refractivity contribution is 8.00. The molecule has 0 radical (unpaired) electrons. The minimum absolute atomic E-state index is 0.219. The van der Waals surface area contributed by atoms with E-state index in [-0.39, 0.29) is 5.54 Å². The first kappa shape index (κ1) is 13.5. The zero-order valence-electron chi connectivity index (χ0n) is 11.8. The Hall–Kier alpha value is -0.510. The highest BCUT2D eigenvalue weighted by atomic mass is 32.2. The molecule has 2 N–H and O–H groups in total. The van der Waals surface area contributed by atoms with Crippen molar-refractivity contribution in [1.29, 1.82) is 0 Å². The predicted molar refractivity (Wildman–Crippen MR) is 83.5 cm³/mol. The molecule has 0 aliphatic carbocycles. The van der Waals surface area contributed by atoms with Gasteiger partial charge >= 0.3 is 0 Å². The van der Waals surface area contributed by atoms with Crippen LogP contribution in [0.1, 0.15) is 30.9 Å². The van der Waals surface area contributed by atoms with Gasteiger partial charge in [-0.2, -0.15) is 11.8 Å². The first-order valence-electron chi connectivity index (χ1n) is 7.40. The van der Waals surface area contributed by atoms with Crippen LogP contribution in [0.2, 0.25) is 0 Å². The van der Waals surface area contributed by atoms with E-state index in [2.05, 4.69) is 47.9 Å². The lowest BCUT2D eigenvalue weighted by Crippen LogP contribution is -2.61. The highest BCUT2D eigenvalue weighted by Gasteiger charge is 2.43. The van der Waals surface area contributed by atoms with E-state index in [1.54, 1.807) is 0 Å². The average molecular weight is 276 g/mol. The average Bonchev–Trinajstić information content (AvgIpc) is 2.47. The maximum absolute atomic E-state index is 6.22. The van der Waals surface area contributed by atoms with Gasteiger partial charge in [-0.25, -0.2) is 0 Å². The first-order chi connectivity index (χ1) is 9.26. The van der Waals surface area contributed by atoms with E-state index in [4.69, 9.17) is 5.73 Å². The van der Waals surface area contributed by atoms with Crippen molar-refractivity contribution in [3.8, 4) is 0 Å². The third kappa shape index (κ3) is 2.32. The van der Waals surface area contributed by atoms with Crippen LogP contribution in [0.3, 0.4) is 0 Å². The van der Waals surface area contributed by atoms with Gasteiger partial charge in [0.05, 0.1) is 0 Å². The Morgan fingerprint density at radius 2 is 2.16 bits per heavy atom. The van der Waals surface area contributed by atoms with Gasteiger partial charge in [-0.1, -0.05) is 31.2 Å². The lowest BCUT2D eigenvalue weighted by molar-refractivity contribution is 0.0681. The van der Waals surface area contributed by atoms with Crippen molar-refractivity contribution in [3.63, 3.8) is 0 Å². The molecule has 2 nitrogen and oxygen atoms in total. The monoisotopic (exact) mass is 276 g/mol. The van der Waals surface area contributed by atoms with Crippen LogP contribution in [0.25, 0.3) is 0 Å². The molecule has 3 rings (SSSR count). The van der Waals surface area contributed by atoms with E-state index in [0.717, 1.165) is 13.1 Å². The fourth-order valence-corrected chi connectivity index (χ4v) is 5.02. The first-order valence-corrected chi connectivity index (χ1v) is 8.45. The standard InChI is InChI=1S/C16H24N2S/c1-13-16(12-17,8-4-10-19-13)18-9-7-14-5-2-3-6-15(14)11-18/h2-3,5-6,13H,4,7-12,17H2,1H3. The molecule has 0 bridgehead atoms. The maximum Gasteiger partial charge on any atom is 0.0451 e. The zero-order chi connectivity index (χ0) is 13.3. The number of thioether (sulfide) groups is 1. The van der Waals surface area contributed by atoms with Gasteiger partial charge in [-0.15, -0.1) is 0 Å². The molecule has 0 saturated carbocycles. The van der Waals surface area contributed by atoms with Crippen LogP contribution < -0.4 is 5.73 Å². The van der Waals surface area contributed by atoms with Gasteiger partial charge in [0.15, 0.2) is 0 Å². The Morgan fingerprint density at radius 3 is 2.89 bits per heavy atom. The van der Waals surface area contributed by atoms with Crippen molar-refractivity contribution in [1.82, 2.24) is 4.90 Å². The van der Waals surface area contributed by atoms with Gasteiger partial charge in [0.1, 0.15) is 0 Å². The molecule has 1 fully saturated rings. The van der Waals surface area contributed by atoms with Crippen LogP contribution in [-0.2, 0) is 13.0 Å². The molecule has 0 aromatic heterocycles. The highest BCUT2D eigenvalue weighted by Crippen LogP contribution is 2.40. The van der Waals surface area contributed by atoms with E-state index >= 15 is 0 Å². The smallest absolute Gasteiger partial charge is 0.0451 e. The molecule has 3 heteroatoms. The second kappa shape index (κ2) is 5.47. The van der Waals surface area contributed by atoms with Gasteiger partial charge in [-0.05, 0) is 36.1 Å². The number of hydrogen-bond donors (Lipinski definition) is 1. The van der Waals surface area contributed by atoms with Crippen LogP contribution in [0.5, 0.6) is 0 Å². The molecular formula is C16H24N2S. The lowest BCUT2D eigenvalue weighted by atomic mass is 9.85. The van der Waals surface area contributed by atoms with Crippen molar-refractivity contribution in [2.24, 2.45) is 5.73 Å². The zero-order valence-corrected chi connectivity index (χ0v) is 12.6. The molecule has 19 heavy (non-hydrogen) atoms.